The van der Waals surface area contributed by atoms with E-state index in [2.05, 4.69) is 0 Å². The van der Waals surface area contributed by atoms with Gasteiger partial charge in [-0.2, -0.15) is 13.2 Å². The number of hydrogen-bond donors (Lipinski definition) is 1. The molecular weight excluding hydrogens is 307 g/mol. The first-order chi connectivity index (χ1) is 10.7. The van der Waals surface area contributed by atoms with Crippen molar-refractivity contribution in [1.82, 2.24) is 0 Å². The van der Waals surface area contributed by atoms with Crippen LogP contribution in [0.5, 0.6) is 0 Å². The summed E-state index contributed by atoms with van der Waals surface area (Å²) in [6.45, 7) is 0. The van der Waals surface area contributed by atoms with Crippen molar-refractivity contribution in [2.24, 2.45) is 23.0 Å². The number of alkyl halides is 3. The normalized spacial score (nSPS) is 35.4. The Kier molecular flexibility index (Phi) is 3.89. The SMILES string of the molecule is NC1=C(C2CCCCC2C(F)(F)F)C(=O)CC12C=CC(=O)CC2. The van der Waals surface area contributed by atoms with Crippen LogP contribution in [0.15, 0.2) is 23.4 Å². The van der Waals surface area contributed by atoms with E-state index in [-0.39, 0.29) is 42.1 Å². The van der Waals surface area contributed by atoms with Crippen LogP contribution in [0, 0.1) is 17.3 Å². The topological polar surface area (TPSA) is 60.2 Å². The molecule has 3 nitrogen and oxygen atoms in total. The summed E-state index contributed by atoms with van der Waals surface area (Å²) >= 11 is 0. The van der Waals surface area contributed by atoms with Gasteiger partial charge in [0, 0.05) is 35.4 Å². The standard InChI is InChI=1S/C17H20F3NO2/c18-17(19,20)12-4-2-1-3-11(12)14-13(23)9-16(15(14)21)7-5-10(22)6-8-16/h5,7,11-12H,1-4,6,8-9,21H2. The molecule has 3 aliphatic carbocycles. The number of nitrogens with two attached hydrogens (primary N) is 1. The molecule has 126 valence electrons. The highest BCUT2D eigenvalue weighted by atomic mass is 19.4. The van der Waals surface area contributed by atoms with Gasteiger partial charge in [-0.3, -0.25) is 9.59 Å². The monoisotopic (exact) mass is 327 g/mol. The van der Waals surface area contributed by atoms with Gasteiger partial charge in [0.1, 0.15) is 0 Å². The smallest absolute Gasteiger partial charge is 0.392 e. The molecule has 6 heteroatoms. The molecule has 3 rings (SSSR count). The van der Waals surface area contributed by atoms with Gasteiger partial charge in [0.2, 0.25) is 0 Å². The summed E-state index contributed by atoms with van der Waals surface area (Å²) in [5.74, 6) is -2.63. The Morgan fingerprint density at radius 1 is 1.17 bits per heavy atom. The molecular formula is C17H20F3NO2. The molecule has 23 heavy (non-hydrogen) atoms. The van der Waals surface area contributed by atoms with Crippen LogP contribution in [0.3, 0.4) is 0 Å². The fraction of sp³-hybridized carbons (Fsp3) is 0.647. The molecule has 0 saturated heterocycles. The Labute approximate surface area is 132 Å². The van der Waals surface area contributed by atoms with Crippen molar-refractivity contribution in [3.63, 3.8) is 0 Å². The van der Waals surface area contributed by atoms with Gasteiger partial charge in [-0.15, -0.1) is 0 Å². The first-order valence-electron chi connectivity index (χ1n) is 8.07. The number of Topliss-reactive ketones (excluding diaryl/α,β-unsaturated/α-hetero) is 1. The largest absolute Gasteiger partial charge is 0.401 e. The quantitative estimate of drug-likeness (QED) is 0.802. The predicted octanol–water partition coefficient (Wildman–Crippen LogP) is 3.45. The Bertz CT molecular complexity index is 605. The molecule has 0 radical (unpaired) electrons. The summed E-state index contributed by atoms with van der Waals surface area (Å²) in [6, 6.07) is 0. The second kappa shape index (κ2) is 5.49. The zero-order chi connectivity index (χ0) is 16.8. The molecule has 0 amide bonds. The van der Waals surface area contributed by atoms with Crippen LogP contribution in [0.1, 0.15) is 44.9 Å². The maximum Gasteiger partial charge on any atom is 0.392 e. The van der Waals surface area contributed by atoms with Crippen molar-refractivity contribution < 1.29 is 22.8 Å². The third kappa shape index (κ3) is 2.72. The van der Waals surface area contributed by atoms with Crippen LogP contribution < -0.4 is 5.73 Å². The van der Waals surface area contributed by atoms with Crippen molar-refractivity contribution >= 4 is 11.6 Å². The van der Waals surface area contributed by atoms with Crippen molar-refractivity contribution in [3.8, 4) is 0 Å². The van der Waals surface area contributed by atoms with Gasteiger partial charge < -0.3 is 5.73 Å². The summed E-state index contributed by atoms with van der Waals surface area (Å²) in [4.78, 5) is 23.9. The number of hydrogen-bond acceptors (Lipinski definition) is 3. The van der Waals surface area contributed by atoms with Gasteiger partial charge in [0.25, 0.3) is 0 Å². The minimum atomic E-state index is -4.31. The molecule has 0 heterocycles. The highest BCUT2D eigenvalue weighted by Crippen LogP contribution is 2.52. The molecule has 0 bridgehead atoms. The summed E-state index contributed by atoms with van der Waals surface area (Å²) in [7, 11) is 0. The lowest BCUT2D eigenvalue weighted by Gasteiger charge is -2.34. The Morgan fingerprint density at radius 3 is 2.48 bits per heavy atom. The Balaban J connectivity index is 2.00. The minimum absolute atomic E-state index is 0.0323. The Morgan fingerprint density at radius 2 is 1.87 bits per heavy atom. The van der Waals surface area contributed by atoms with Crippen LogP contribution in [0.4, 0.5) is 13.2 Å². The second-order valence-electron chi connectivity index (χ2n) is 6.92. The maximum atomic E-state index is 13.4. The van der Waals surface area contributed by atoms with E-state index in [1.165, 1.54) is 6.08 Å². The van der Waals surface area contributed by atoms with Gasteiger partial charge in [0.15, 0.2) is 11.6 Å². The molecule has 2 N–H and O–H groups in total. The van der Waals surface area contributed by atoms with Crippen molar-refractivity contribution in [2.45, 2.75) is 51.1 Å². The molecule has 0 aromatic rings. The highest BCUT2D eigenvalue weighted by Gasteiger charge is 2.52. The molecule has 0 aliphatic heterocycles. The molecule has 0 aromatic carbocycles. The number of carbonyl (C=O) groups is 2. The van der Waals surface area contributed by atoms with Gasteiger partial charge in [-0.1, -0.05) is 18.9 Å². The summed E-state index contributed by atoms with van der Waals surface area (Å²) < 4.78 is 40.1. The van der Waals surface area contributed by atoms with Crippen LogP contribution in [0.25, 0.3) is 0 Å². The number of ketones is 2. The minimum Gasteiger partial charge on any atom is -0.401 e. The van der Waals surface area contributed by atoms with E-state index >= 15 is 0 Å². The zero-order valence-corrected chi connectivity index (χ0v) is 12.8. The molecule has 3 atom stereocenters. The number of allylic oxidation sites excluding steroid dienone is 3. The van der Waals surface area contributed by atoms with E-state index in [1.807, 2.05) is 0 Å². The van der Waals surface area contributed by atoms with E-state index in [4.69, 9.17) is 5.73 Å². The van der Waals surface area contributed by atoms with E-state index in [9.17, 15) is 22.8 Å². The number of halogens is 3. The number of carbonyl (C=O) groups excluding carboxylic acids is 2. The average Bonchev–Trinajstić information content (AvgIpc) is 2.72. The average molecular weight is 327 g/mol. The zero-order valence-electron chi connectivity index (χ0n) is 12.8. The van der Waals surface area contributed by atoms with Gasteiger partial charge in [-0.05, 0) is 25.3 Å². The predicted molar refractivity (Wildman–Crippen MR) is 78.2 cm³/mol. The molecule has 1 fully saturated rings. The van der Waals surface area contributed by atoms with E-state index < -0.39 is 23.4 Å². The van der Waals surface area contributed by atoms with Crippen LogP contribution in [0.2, 0.25) is 0 Å². The first kappa shape index (κ1) is 16.3. The maximum absolute atomic E-state index is 13.4. The number of rotatable bonds is 1. The molecule has 3 aliphatic rings. The lowest BCUT2D eigenvalue weighted by molar-refractivity contribution is -0.192. The van der Waals surface area contributed by atoms with Crippen LogP contribution in [-0.2, 0) is 9.59 Å². The van der Waals surface area contributed by atoms with Gasteiger partial charge in [-0.25, -0.2) is 0 Å². The van der Waals surface area contributed by atoms with Crippen molar-refractivity contribution in [1.29, 1.82) is 0 Å². The van der Waals surface area contributed by atoms with E-state index in [0.717, 1.165) is 0 Å². The summed E-state index contributed by atoms with van der Waals surface area (Å²) in [6.07, 6.45) is 1.14. The molecule has 3 unspecified atom stereocenters. The third-order valence-corrected chi connectivity index (χ3v) is 5.57. The fourth-order valence-corrected chi connectivity index (χ4v) is 4.31. The highest BCUT2D eigenvalue weighted by molar-refractivity contribution is 6.01. The second-order valence-corrected chi connectivity index (χ2v) is 6.92. The van der Waals surface area contributed by atoms with Crippen molar-refractivity contribution in [2.75, 3.05) is 0 Å². The summed E-state index contributed by atoms with van der Waals surface area (Å²) in [5, 5.41) is 0. The van der Waals surface area contributed by atoms with Gasteiger partial charge in [0.05, 0.1) is 5.92 Å². The fourth-order valence-electron chi connectivity index (χ4n) is 4.31. The molecule has 1 spiro atoms. The van der Waals surface area contributed by atoms with Crippen molar-refractivity contribution in [3.05, 3.63) is 23.4 Å². The Hall–Kier alpha value is -1.59. The lowest BCUT2D eigenvalue weighted by Crippen LogP contribution is -2.36. The lowest BCUT2D eigenvalue weighted by atomic mass is 9.73. The third-order valence-electron chi connectivity index (χ3n) is 5.57. The van der Waals surface area contributed by atoms with Crippen LogP contribution >= 0.6 is 0 Å². The molecule has 0 aromatic heterocycles. The van der Waals surface area contributed by atoms with Crippen LogP contribution in [-0.4, -0.2) is 17.7 Å². The van der Waals surface area contributed by atoms with E-state index in [1.54, 1.807) is 6.08 Å². The summed E-state index contributed by atoms with van der Waals surface area (Å²) in [5.41, 5.74) is 5.90. The molecule has 1 saturated carbocycles. The first-order valence-corrected chi connectivity index (χ1v) is 8.07. The van der Waals surface area contributed by atoms with E-state index in [0.29, 0.717) is 25.7 Å². The van der Waals surface area contributed by atoms with Gasteiger partial charge >= 0.3 is 6.18 Å².